The maximum atomic E-state index is 12.6. The fraction of sp³-hybridized carbons (Fsp3) is 0.105. The molecule has 1 heterocycles. The van der Waals surface area contributed by atoms with Gasteiger partial charge >= 0.3 is 0 Å². The van der Waals surface area contributed by atoms with Crippen molar-refractivity contribution in [3.8, 4) is 0 Å². The van der Waals surface area contributed by atoms with E-state index in [2.05, 4.69) is 11.9 Å². The zero-order valence-corrected chi connectivity index (χ0v) is 12.5. The number of allylic oxidation sites excluding steroid dienone is 1. The standard InChI is InChI=1S/C19H18N2O/c1-3-12-21-17-7-5-4-6-15(17)13-18(21)19(22)20-16-10-8-14(2)9-11-16/h3-11,13H,1,12H2,2H3,(H,20,22). The molecule has 1 amide bonds. The first-order valence-electron chi connectivity index (χ1n) is 7.26. The molecule has 0 unspecified atom stereocenters. The molecule has 0 aliphatic heterocycles. The number of anilines is 1. The molecule has 110 valence electrons. The molecule has 0 atom stereocenters. The molecule has 0 saturated heterocycles. The summed E-state index contributed by atoms with van der Waals surface area (Å²) in [5.74, 6) is -0.109. The van der Waals surface area contributed by atoms with Crippen LogP contribution in [0.4, 0.5) is 5.69 Å². The summed E-state index contributed by atoms with van der Waals surface area (Å²) in [7, 11) is 0. The van der Waals surface area contributed by atoms with Crippen LogP contribution in [0.1, 0.15) is 16.1 Å². The summed E-state index contributed by atoms with van der Waals surface area (Å²) in [5, 5.41) is 4.01. The second-order valence-corrected chi connectivity index (χ2v) is 5.31. The van der Waals surface area contributed by atoms with Crippen LogP contribution in [0.2, 0.25) is 0 Å². The highest BCUT2D eigenvalue weighted by atomic mass is 16.1. The van der Waals surface area contributed by atoms with Crippen LogP contribution in [0.5, 0.6) is 0 Å². The zero-order chi connectivity index (χ0) is 15.5. The van der Waals surface area contributed by atoms with Gasteiger partial charge in [-0.1, -0.05) is 42.0 Å². The van der Waals surface area contributed by atoms with Gasteiger partial charge in [0, 0.05) is 23.1 Å². The molecule has 0 aliphatic carbocycles. The van der Waals surface area contributed by atoms with Gasteiger partial charge in [-0.05, 0) is 31.2 Å². The summed E-state index contributed by atoms with van der Waals surface area (Å²) in [6.07, 6.45) is 1.80. The van der Waals surface area contributed by atoms with Crippen molar-refractivity contribution in [1.29, 1.82) is 0 Å². The van der Waals surface area contributed by atoms with Gasteiger partial charge in [0.1, 0.15) is 5.69 Å². The van der Waals surface area contributed by atoms with Crippen LogP contribution in [0.3, 0.4) is 0 Å². The molecular weight excluding hydrogens is 272 g/mol. The van der Waals surface area contributed by atoms with Crippen molar-refractivity contribution >= 4 is 22.5 Å². The minimum atomic E-state index is -0.109. The summed E-state index contributed by atoms with van der Waals surface area (Å²) >= 11 is 0. The van der Waals surface area contributed by atoms with Crippen molar-refractivity contribution < 1.29 is 4.79 Å². The average molecular weight is 290 g/mol. The molecule has 0 fully saturated rings. The lowest BCUT2D eigenvalue weighted by atomic mass is 10.2. The van der Waals surface area contributed by atoms with Gasteiger partial charge in [0.15, 0.2) is 0 Å². The number of benzene rings is 2. The van der Waals surface area contributed by atoms with Gasteiger partial charge in [-0.2, -0.15) is 0 Å². The van der Waals surface area contributed by atoms with Gasteiger partial charge in [0.2, 0.25) is 0 Å². The highest BCUT2D eigenvalue weighted by molar-refractivity contribution is 6.06. The van der Waals surface area contributed by atoms with Crippen LogP contribution < -0.4 is 5.32 Å². The van der Waals surface area contributed by atoms with Crippen molar-refractivity contribution in [3.63, 3.8) is 0 Å². The van der Waals surface area contributed by atoms with E-state index in [4.69, 9.17) is 0 Å². The first-order valence-corrected chi connectivity index (χ1v) is 7.26. The Morgan fingerprint density at radius 3 is 2.64 bits per heavy atom. The largest absolute Gasteiger partial charge is 0.333 e. The second-order valence-electron chi connectivity index (χ2n) is 5.31. The first-order chi connectivity index (χ1) is 10.7. The molecule has 22 heavy (non-hydrogen) atoms. The van der Waals surface area contributed by atoms with Gasteiger partial charge in [0.05, 0.1) is 0 Å². The van der Waals surface area contributed by atoms with Crippen molar-refractivity contribution in [1.82, 2.24) is 4.57 Å². The number of para-hydroxylation sites is 1. The Kier molecular flexibility index (Phi) is 3.79. The van der Waals surface area contributed by atoms with E-state index in [9.17, 15) is 4.79 Å². The molecular formula is C19H18N2O. The van der Waals surface area contributed by atoms with E-state index in [1.807, 2.05) is 66.1 Å². The number of nitrogens with one attached hydrogen (secondary N) is 1. The fourth-order valence-corrected chi connectivity index (χ4v) is 2.56. The van der Waals surface area contributed by atoms with Gasteiger partial charge in [0.25, 0.3) is 5.91 Å². The molecule has 0 aliphatic rings. The highest BCUT2D eigenvalue weighted by Crippen LogP contribution is 2.21. The van der Waals surface area contributed by atoms with Crippen LogP contribution in [0.15, 0.2) is 67.3 Å². The molecule has 0 spiro atoms. The molecule has 3 heteroatoms. The van der Waals surface area contributed by atoms with Crippen LogP contribution in [0, 0.1) is 6.92 Å². The van der Waals surface area contributed by atoms with E-state index >= 15 is 0 Å². The third kappa shape index (κ3) is 2.66. The third-order valence-corrected chi connectivity index (χ3v) is 3.66. The number of amides is 1. The average Bonchev–Trinajstić information content (AvgIpc) is 2.89. The minimum Gasteiger partial charge on any atom is -0.333 e. The van der Waals surface area contributed by atoms with Crippen molar-refractivity contribution in [2.24, 2.45) is 0 Å². The highest BCUT2D eigenvalue weighted by Gasteiger charge is 2.14. The first kappa shape index (κ1) is 14.1. The second kappa shape index (κ2) is 5.90. The molecule has 0 bridgehead atoms. The lowest BCUT2D eigenvalue weighted by molar-refractivity contribution is 0.101. The van der Waals surface area contributed by atoms with Crippen molar-refractivity contribution in [3.05, 3.63) is 78.5 Å². The van der Waals surface area contributed by atoms with Crippen LogP contribution >= 0.6 is 0 Å². The Hall–Kier alpha value is -2.81. The number of nitrogens with zero attached hydrogens (tertiary/aromatic N) is 1. The van der Waals surface area contributed by atoms with Gasteiger partial charge in [-0.15, -0.1) is 6.58 Å². The van der Waals surface area contributed by atoms with Crippen LogP contribution in [-0.2, 0) is 6.54 Å². The van der Waals surface area contributed by atoms with Crippen molar-refractivity contribution in [2.45, 2.75) is 13.5 Å². The Balaban J connectivity index is 1.97. The molecule has 1 N–H and O–H groups in total. The smallest absolute Gasteiger partial charge is 0.272 e. The maximum Gasteiger partial charge on any atom is 0.272 e. The SMILES string of the molecule is C=CCn1c(C(=O)Nc2ccc(C)cc2)cc2ccccc21. The van der Waals surface area contributed by atoms with Gasteiger partial charge in [-0.3, -0.25) is 4.79 Å². The Morgan fingerprint density at radius 1 is 1.18 bits per heavy atom. The summed E-state index contributed by atoms with van der Waals surface area (Å²) in [6, 6.07) is 17.7. The van der Waals surface area contributed by atoms with E-state index in [-0.39, 0.29) is 5.91 Å². The normalized spacial score (nSPS) is 10.6. The number of carbonyl (C=O) groups is 1. The number of aryl methyl sites for hydroxylation is 1. The molecule has 3 rings (SSSR count). The zero-order valence-electron chi connectivity index (χ0n) is 12.5. The number of hydrogen-bond donors (Lipinski definition) is 1. The molecule has 1 aromatic heterocycles. The predicted molar refractivity (Wildman–Crippen MR) is 91.3 cm³/mol. The molecule has 3 aromatic rings. The minimum absolute atomic E-state index is 0.109. The van der Waals surface area contributed by atoms with Crippen LogP contribution in [0.25, 0.3) is 10.9 Å². The summed E-state index contributed by atoms with van der Waals surface area (Å²) in [6.45, 7) is 6.41. The lowest BCUT2D eigenvalue weighted by Gasteiger charge is -2.09. The van der Waals surface area contributed by atoms with E-state index in [1.165, 1.54) is 5.56 Å². The number of hydrogen-bond acceptors (Lipinski definition) is 1. The fourth-order valence-electron chi connectivity index (χ4n) is 2.56. The summed E-state index contributed by atoms with van der Waals surface area (Å²) < 4.78 is 1.98. The molecule has 0 radical (unpaired) electrons. The van der Waals surface area contributed by atoms with Crippen molar-refractivity contribution in [2.75, 3.05) is 5.32 Å². The number of rotatable bonds is 4. The Labute approximate surface area is 129 Å². The molecule has 2 aromatic carbocycles. The topological polar surface area (TPSA) is 34.0 Å². The lowest BCUT2D eigenvalue weighted by Crippen LogP contribution is -2.16. The van der Waals surface area contributed by atoms with E-state index in [1.54, 1.807) is 6.08 Å². The maximum absolute atomic E-state index is 12.6. The molecule has 3 nitrogen and oxygen atoms in total. The Bertz CT molecular complexity index is 828. The van der Waals surface area contributed by atoms with Crippen LogP contribution in [-0.4, -0.2) is 10.5 Å². The van der Waals surface area contributed by atoms with Gasteiger partial charge in [-0.25, -0.2) is 0 Å². The van der Waals surface area contributed by atoms with Gasteiger partial charge < -0.3 is 9.88 Å². The van der Waals surface area contributed by atoms with E-state index < -0.39 is 0 Å². The Morgan fingerprint density at radius 2 is 1.91 bits per heavy atom. The number of fused-ring (bicyclic) bond motifs is 1. The van der Waals surface area contributed by atoms with E-state index in [0.29, 0.717) is 12.2 Å². The summed E-state index contributed by atoms with van der Waals surface area (Å²) in [5.41, 5.74) is 3.64. The predicted octanol–water partition coefficient (Wildman–Crippen LogP) is 4.39. The quantitative estimate of drug-likeness (QED) is 0.710. The number of carbonyl (C=O) groups excluding carboxylic acids is 1. The number of aromatic nitrogens is 1. The monoisotopic (exact) mass is 290 g/mol. The summed E-state index contributed by atoms with van der Waals surface area (Å²) in [4.78, 5) is 12.6. The third-order valence-electron chi connectivity index (χ3n) is 3.66. The molecule has 0 saturated carbocycles. The van der Waals surface area contributed by atoms with E-state index in [0.717, 1.165) is 16.6 Å².